The highest BCUT2D eigenvalue weighted by atomic mass is 35.5. The number of anilines is 1. The highest BCUT2D eigenvalue weighted by molar-refractivity contribution is 6.31. The molecular formula is C10H10ClN5O2. The molecule has 0 amide bonds. The van der Waals surface area contributed by atoms with E-state index in [4.69, 9.17) is 22.1 Å². The Bertz CT molecular complexity index is 611. The fraction of sp³-hybridized carbons (Fsp3) is 0.200. The zero-order valence-electron chi connectivity index (χ0n) is 9.72. The maximum Gasteiger partial charge on any atom is 0.223 e. The van der Waals surface area contributed by atoms with Gasteiger partial charge in [-0.2, -0.15) is 15.1 Å². The summed E-state index contributed by atoms with van der Waals surface area (Å²) in [6, 6.07) is 0. The van der Waals surface area contributed by atoms with Crippen LogP contribution in [-0.2, 0) is 0 Å². The fourth-order valence-electron chi connectivity index (χ4n) is 1.50. The molecule has 0 spiro atoms. The van der Waals surface area contributed by atoms with E-state index >= 15 is 0 Å². The van der Waals surface area contributed by atoms with Crippen LogP contribution in [0.3, 0.4) is 0 Å². The Morgan fingerprint density at radius 3 is 2.78 bits per heavy atom. The van der Waals surface area contributed by atoms with Crippen molar-refractivity contribution in [1.29, 1.82) is 0 Å². The van der Waals surface area contributed by atoms with Gasteiger partial charge in [-0.1, -0.05) is 11.6 Å². The van der Waals surface area contributed by atoms with Crippen LogP contribution in [0.4, 0.5) is 5.95 Å². The first kappa shape index (κ1) is 12.3. The molecule has 0 aliphatic rings. The van der Waals surface area contributed by atoms with Crippen LogP contribution in [0.5, 0.6) is 5.75 Å². The molecule has 2 rings (SSSR count). The number of carbonyl (C=O) groups excluding carboxylic acids is 1. The topological polar surface area (TPSA) is 95.9 Å². The lowest BCUT2D eigenvalue weighted by Gasteiger charge is -2.10. The Hall–Kier alpha value is -2.15. The third kappa shape index (κ3) is 1.88. The second kappa shape index (κ2) is 4.61. The molecule has 0 aliphatic carbocycles. The summed E-state index contributed by atoms with van der Waals surface area (Å²) in [4.78, 5) is 18.6. The van der Waals surface area contributed by atoms with Crippen molar-refractivity contribution in [2.75, 3.05) is 12.8 Å². The molecule has 0 aromatic carbocycles. The van der Waals surface area contributed by atoms with Crippen LogP contribution in [0.25, 0.3) is 5.82 Å². The van der Waals surface area contributed by atoms with Crippen molar-refractivity contribution in [3.63, 3.8) is 0 Å². The summed E-state index contributed by atoms with van der Waals surface area (Å²) < 4.78 is 6.54. The number of rotatable bonds is 3. The van der Waals surface area contributed by atoms with E-state index in [0.29, 0.717) is 23.4 Å². The molecular weight excluding hydrogens is 258 g/mol. The van der Waals surface area contributed by atoms with Gasteiger partial charge in [-0.25, -0.2) is 4.68 Å². The number of carbonyl (C=O) groups is 1. The predicted octanol–water partition coefficient (Wildman–Crippen LogP) is 1.03. The maximum atomic E-state index is 10.8. The number of aldehydes is 1. The Labute approximate surface area is 108 Å². The smallest absolute Gasteiger partial charge is 0.223 e. The first-order valence-electron chi connectivity index (χ1n) is 4.95. The third-order valence-electron chi connectivity index (χ3n) is 2.40. The molecule has 0 saturated heterocycles. The van der Waals surface area contributed by atoms with Gasteiger partial charge in [-0.15, -0.1) is 0 Å². The number of nitrogens with two attached hydrogens (primary N) is 1. The van der Waals surface area contributed by atoms with Crippen LogP contribution in [0.15, 0.2) is 6.20 Å². The SMILES string of the molecule is COc1c(Cl)nc(N)nc1-n1ncc(C=O)c1C. The number of halogens is 1. The summed E-state index contributed by atoms with van der Waals surface area (Å²) in [5.41, 5.74) is 6.60. The molecule has 0 radical (unpaired) electrons. The predicted molar refractivity (Wildman–Crippen MR) is 65.3 cm³/mol. The van der Waals surface area contributed by atoms with E-state index in [9.17, 15) is 4.79 Å². The van der Waals surface area contributed by atoms with E-state index in [1.807, 2.05) is 0 Å². The van der Waals surface area contributed by atoms with Gasteiger partial charge in [-0.3, -0.25) is 4.79 Å². The lowest BCUT2D eigenvalue weighted by Crippen LogP contribution is -2.09. The highest BCUT2D eigenvalue weighted by Gasteiger charge is 2.18. The molecule has 0 bridgehead atoms. The molecule has 0 aliphatic heterocycles. The van der Waals surface area contributed by atoms with E-state index in [1.165, 1.54) is 18.0 Å². The number of ether oxygens (including phenoxy) is 1. The molecule has 0 atom stereocenters. The number of aromatic nitrogens is 4. The Morgan fingerprint density at radius 1 is 1.50 bits per heavy atom. The van der Waals surface area contributed by atoms with Crippen molar-refractivity contribution in [1.82, 2.24) is 19.7 Å². The zero-order chi connectivity index (χ0) is 13.3. The number of nitrogens with zero attached hydrogens (tertiary/aromatic N) is 4. The summed E-state index contributed by atoms with van der Waals surface area (Å²) in [6.07, 6.45) is 2.13. The van der Waals surface area contributed by atoms with Crippen molar-refractivity contribution in [3.8, 4) is 11.6 Å². The quantitative estimate of drug-likeness (QED) is 0.659. The molecule has 8 heteroatoms. The monoisotopic (exact) mass is 267 g/mol. The Morgan fingerprint density at radius 2 is 2.22 bits per heavy atom. The fourth-order valence-corrected chi connectivity index (χ4v) is 1.75. The second-order valence-corrected chi connectivity index (χ2v) is 3.80. The number of methoxy groups -OCH3 is 1. The molecule has 0 saturated carbocycles. The molecule has 2 heterocycles. The van der Waals surface area contributed by atoms with Crippen molar-refractivity contribution >= 4 is 23.8 Å². The summed E-state index contributed by atoms with van der Waals surface area (Å²) in [7, 11) is 1.43. The van der Waals surface area contributed by atoms with E-state index in [2.05, 4.69) is 15.1 Å². The molecule has 2 aromatic rings. The van der Waals surface area contributed by atoms with Crippen molar-refractivity contribution in [2.24, 2.45) is 0 Å². The summed E-state index contributed by atoms with van der Waals surface area (Å²) >= 11 is 5.91. The van der Waals surface area contributed by atoms with Crippen LogP contribution < -0.4 is 10.5 Å². The first-order chi connectivity index (χ1) is 8.58. The summed E-state index contributed by atoms with van der Waals surface area (Å²) in [6.45, 7) is 1.72. The highest BCUT2D eigenvalue weighted by Crippen LogP contribution is 2.29. The molecule has 94 valence electrons. The molecule has 0 unspecified atom stereocenters. The van der Waals surface area contributed by atoms with Crippen molar-refractivity contribution in [2.45, 2.75) is 6.92 Å². The normalized spacial score (nSPS) is 10.4. The van der Waals surface area contributed by atoms with Gasteiger partial charge in [0.1, 0.15) is 0 Å². The van der Waals surface area contributed by atoms with Gasteiger partial charge in [0.05, 0.1) is 24.6 Å². The van der Waals surface area contributed by atoms with E-state index in [0.717, 1.165) is 0 Å². The number of nitrogen functional groups attached to an aromatic ring is 1. The first-order valence-corrected chi connectivity index (χ1v) is 5.33. The molecule has 18 heavy (non-hydrogen) atoms. The van der Waals surface area contributed by atoms with Crippen LogP contribution >= 0.6 is 11.6 Å². The third-order valence-corrected chi connectivity index (χ3v) is 2.66. The average Bonchev–Trinajstić information content (AvgIpc) is 2.69. The van der Waals surface area contributed by atoms with Crippen molar-refractivity contribution < 1.29 is 9.53 Å². The minimum absolute atomic E-state index is 0.00152. The lowest BCUT2D eigenvalue weighted by molar-refractivity contribution is 0.112. The number of hydrogen-bond acceptors (Lipinski definition) is 6. The van der Waals surface area contributed by atoms with E-state index in [1.54, 1.807) is 6.92 Å². The summed E-state index contributed by atoms with van der Waals surface area (Å²) in [5, 5.41) is 4.13. The van der Waals surface area contributed by atoms with Crippen molar-refractivity contribution in [3.05, 3.63) is 22.6 Å². The van der Waals surface area contributed by atoms with Gasteiger partial charge in [0.15, 0.2) is 11.4 Å². The van der Waals surface area contributed by atoms with Crippen LogP contribution in [0, 0.1) is 6.92 Å². The Balaban J connectivity index is 2.69. The number of hydrogen-bond donors (Lipinski definition) is 1. The van der Waals surface area contributed by atoms with Gasteiger partial charge in [0, 0.05) is 0 Å². The van der Waals surface area contributed by atoms with Gasteiger partial charge in [0.2, 0.25) is 17.5 Å². The average molecular weight is 268 g/mol. The van der Waals surface area contributed by atoms with Crippen LogP contribution in [0.2, 0.25) is 5.15 Å². The van der Waals surface area contributed by atoms with Gasteiger partial charge in [0.25, 0.3) is 0 Å². The molecule has 7 nitrogen and oxygen atoms in total. The molecule has 2 aromatic heterocycles. The molecule has 2 N–H and O–H groups in total. The van der Waals surface area contributed by atoms with Crippen LogP contribution in [0.1, 0.15) is 16.1 Å². The zero-order valence-corrected chi connectivity index (χ0v) is 10.5. The minimum atomic E-state index is -0.00152. The summed E-state index contributed by atoms with van der Waals surface area (Å²) in [5.74, 6) is 0.536. The van der Waals surface area contributed by atoms with Gasteiger partial charge in [-0.05, 0) is 6.92 Å². The Kier molecular flexibility index (Phi) is 3.15. The standard InChI is InChI=1S/C10H10ClN5O2/c1-5-6(4-17)3-13-16(5)9-7(18-2)8(11)14-10(12)15-9/h3-4H,1-2H3,(H2,12,14,15). The lowest BCUT2D eigenvalue weighted by atomic mass is 10.3. The van der Waals surface area contributed by atoms with Gasteiger partial charge >= 0.3 is 0 Å². The van der Waals surface area contributed by atoms with E-state index in [-0.39, 0.29) is 16.9 Å². The van der Waals surface area contributed by atoms with Gasteiger partial charge < -0.3 is 10.5 Å². The molecule has 0 fully saturated rings. The largest absolute Gasteiger partial charge is 0.490 e. The minimum Gasteiger partial charge on any atom is -0.490 e. The second-order valence-electron chi connectivity index (χ2n) is 3.44. The van der Waals surface area contributed by atoms with Crippen LogP contribution in [-0.4, -0.2) is 33.1 Å². The van der Waals surface area contributed by atoms with E-state index < -0.39 is 0 Å². The maximum absolute atomic E-state index is 10.8.